The van der Waals surface area contributed by atoms with Crippen molar-refractivity contribution in [3.63, 3.8) is 0 Å². The van der Waals surface area contributed by atoms with E-state index in [1.807, 2.05) is 6.92 Å². The van der Waals surface area contributed by atoms with Crippen LogP contribution in [0.4, 0.5) is 0 Å². The first kappa shape index (κ1) is 12.1. The molecule has 0 aliphatic heterocycles. The van der Waals surface area contributed by atoms with Gasteiger partial charge in [-0.15, -0.1) is 11.3 Å². The van der Waals surface area contributed by atoms with Gasteiger partial charge in [0.05, 0.1) is 11.1 Å². The number of hydrogen-bond acceptors (Lipinski definition) is 5. The fourth-order valence-electron chi connectivity index (χ4n) is 0.939. The number of nitrogens with one attached hydrogen (secondary N) is 1. The summed E-state index contributed by atoms with van der Waals surface area (Å²) in [5.74, 6) is -0.254. The standard InChI is InChI=1S/C9H15N3O2S/c1-5(13)7(10)3-11-9(14)8-4-15-6(2)12-8/h4-5,7,13H,3,10H2,1-2H3,(H,11,14). The largest absolute Gasteiger partial charge is 0.392 e. The number of aliphatic hydroxyl groups excluding tert-OH is 1. The van der Waals surface area contributed by atoms with E-state index in [4.69, 9.17) is 10.8 Å². The van der Waals surface area contributed by atoms with Crippen molar-refractivity contribution >= 4 is 17.2 Å². The van der Waals surface area contributed by atoms with Gasteiger partial charge in [0.1, 0.15) is 5.69 Å². The molecule has 0 aromatic carbocycles. The minimum absolute atomic E-state index is 0.243. The Morgan fingerprint density at radius 1 is 1.80 bits per heavy atom. The number of amides is 1. The molecule has 1 aromatic heterocycles. The molecule has 4 N–H and O–H groups in total. The number of carbonyl (C=O) groups is 1. The maximum absolute atomic E-state index is 11.5. The molecule has 84 valence electrons. The Labute approximate surface area is 92.3 Å². The molecule has 0 saturated heterocycles. The molecular formula is C9H15N3O2S. The summed E-state index contributed by atoms with van der Waals surface area (Å²) in [4.78, 5) is 15.5. The molecule has 6 heteroatoms. The summed E-state index contributed by atoms with van der Waals surface area (Å²) in [6.07, 6.45) is -0.637. The number of aromatic nitrogens is 1. The van der Waals surface area contributed by atoms with Crippen molar-refractivity contribution in [2.75, 3.05) is 6.54 Å². The molecule has 0 radical (unpaired) electrons. The molecule has 5 nitrogen and oxygen atoms in total. The second-order valence-electron chi connectivity index (χ2n) is 3.37. The number of hydrogen-bond donors (Lipinski definition) is 3. The van der Waals surface area contributed by atoms with Crippen LogP contribution in [0, 0.1) is 6.92 Å². The number of nitrogens with two attached hydrogens (primary N) is 1. The van der Waals surface area contributed by atoms with E-state index in [1.165, 1.54) is 11.3 Å². The van der Waals surface area contributed by atoms with Gasteiger partial charge in [-0.1, -0.05) is 0 Å². The van der Waals surface area contributed by atoms with Crippen LogP contribution >= 0.6 is 11.3 Å². The van der Waals surface area contributed by atoms with Crippen LogP contribution in [0.5, 0.6) is 0 Å². The molecule has 0 saturated carbocycles. The Bertz CT molecular complexity index is 338. The second kappa shape index (κ2) is 5.20. The van der Waals surface area contributed by atoms with Crippen molar-refractivity contribution in [3.05, 3.63) is 16.1 Å². The summed E-state index contributed by atoms with van der Waals surface area (Å²) in [6, 6.07) is -0.450. The number of thiazole rings is 1. The minimum atomic E-state index is -0.637. The summed E-state index contributed by atoms with van der Waals surface area (Å²) < 4.78 is 0. The molecule has 2 atom stereocenters. The Kier molecular flexibility index (Phi) is 4.19. The van der Waals surface area contributed by atoms with Crippen LogP contribution in [0.2, 0.25) is 0 Å². The predicted octanol–water partition coefficient (Wildman–Crippen LogP) is -0.111. The lowest BCUT2D eigenvalue weighted by atomic mass is 10.2. The average Bonchev–Trinajstić information content (AvgIpc) is 2.60. The third-order valence-corrected chi connectivity index (χ3v) is 2.74. The molecule has 2 unspecified atom stereocenters. The van der Waals surface area contributed by atoms with Gasteiger partial charge in [-0.05, 0) is 13.8 Å². The van der Waals surface area contributed by atoms with Crippen molar-refractivity contribution in [2.24, 2.45) is 5.73 Å². The Morgan fingerprint density at radius 2 is 2.47 bits per heavy atom. The Balaban J connectivity index is 2.43. The number of nitrogens with zero attached hydrogens (tertiary/aromatic N) is 1. The van der Waals surface area contributed by atoms with Crippen LogP contribution in [0.3, 0.4) is 0 Å². The molecule has 0 fully saturated rings. The lowest BCUT2D eigenvalue weighted by Gasteiger charge is -2.14. The van der Waals surface area contributed by atoms with Gasteiger partial charge in [-0.2, -0.15) is 0 Å². The molecule has 0 spiro atoms. The van der Waals surface area contributed by atoms with Crippen LogP contribution in [0.15, 0.2) is 5.38 Å². The summed E-state index contributed by atoms with van der Waals surface area (Å²) in [7, 11) is 0. The van der Waals surface area contributed by atoms with Crippen LogP contribution in [0.25, 0.3) is 0 Å². The Hall–Kier alpha value is -0.980. The highest BCUT2D eigenvalue weighted by atomic mass is 32.1. The zero-order valence-electron chi connectivity index (χ0n) is 8.73. The van der Waals surface area contributed by atoms with E-state index in [0.717, 1.165) is 5.01 Å². The highest BCUT2D eigenvalue weighted by Gasteiger charge is 2.13. The van der Waals surface area contributed by atoms with Crippen molar-refractivity contribution in [2.45, 2.75) is 26.0 Å². The Morgan fingerprint density at radius 3 is 2.93 bits per heavy atom. The van der Waals surface area contributed by atoms with E-state index < -0.39 is 12.1 Å². The van der Waals surface area contributed by atoms with Gasteiger partial charge in [0.15, 0.2) is 0 Å². The van der Waals surface area contributed by atoms with Gasteiger partial charge in [-0.3, -0.25) is 4.79 Å². The monoisotopic (exact) mass is 229 g/mol. The molecule has 1 heterocycles. The van der Waals surface area contributed by atoms with Crippen LogP contribution in [-0.4, -0.2) is 34.7 Å². The predicted molar refractivity (Wildman–Crippen MR) is 58.8 cm³/mol. The minimum Gasteiger partial charge on any atom is -0.392 e. The summed E-state index contributed by atoms with van der Waals surface area (Å²) in [5, 5.41) is 14.3. The number of carbonyl (C=O) groups excluding carboxylic acids is 1. The van der Waals surface area contributed by atoms with Gasteiger partial charge in [0.25, 0.3) is 5.91 Å². The lowest BCUT2D eigenvalue weighted by molar-refractivity contribution is 0.0933. The van der Waals surface area contributed by atoms with E-state index in [0.29, 0.717) is 5.69 Å². The third kappa shape index (κ3) is 3.58. The molecule has 0 aliphatic rings. The maximum Gasteiger partial charge on any atom is 0.270 e. The van der Waals surface area contributed by atoms with Crippen molar-refractivity contribution in [3.8, 4) is 0 Å². The van der Waals surface area contributed by atoms with E-state index in [2.05, 4.69) is 10.3 Å². The van der Waals surface area contributed by atoms with E-state index in [1.54, 1.807) is 12.3 Å². The topological polar surface area (TPSA) is 88.2 Å². The zero-order valence-corrected chi connectivity index (χ0v) is 9.54. The van der Waals surface area contributed by atoms with Gasteiger partial charge < -0.3 is 16.2 Å². The van der Waals surface area contributed by atoms with Crippen molar-refractivity contribution in [1.82, 2.24) is 10.3 Å². The summed E-state index contributed by atoms with van der Waals surface area (Å²) in [5.41, 5.74) is 5.96. The lowest BCUT2D eigenvalue weighted by Crippen LogP contribution is -2.43. The highest BCUT2D eigenvalue weighted by molar-refractivity contribution is 7.09. The molecule has 1 aromatic rings. The number of aliphatic hydroxyl groups is 1. The number of aryl methyl sites for hydroxylation is 1. The first-order chi connectivity index (χ1) is 7.00. The van der Waals surface area contributed by atoms with Gasteiger partial charge in [0.2, 0.25) is 0 Å². The first-order valence-electron chi connectivity index (χ1n) is 4.64. The normalized spacial score (nSPS) is 14.7. The molecule has 15 heavy (non-hydrogen) atoms. The average molecular weight is 229 g/mol. The van der Waals surface area contributed by atoms with Crippen molar-refractivity contribution < 1.29 is 9.90 Å². The van der Waals surface area contributed by atoms with Gasteiger partial charge in [0, 0.05) is 18.0 Å². The molecule has 0 aliphatic carbocycles. The highest BCUT2D eigenvalue weighted by Crippen LogP contribution is 2.07. The summed E-state index contributed by atoms with van der Waals surface area (Å²) >= 11 is 1.42. The summed E-state index contributed by atoms with van der Waals surface area (Å²) in [6.45, 7) is 3.67. The molecule has 1 amide bonds. The number of rotatable bonds is 4. The van der Waals surface area contributed by atoms with Crippen LogP contribution < -0.4 is 11.1 Å². The van der Waals surface area contributed by atoms with E-state index >= 15 is 0 Å². The fourth-order valence-corrected chi connectivity index (χ4v) is 1.53. The molecule has 0 bridgehead atoms. The third-order valence-electron chi connectivity index (χ3n) is 1.97. The SMILES string of the molecule is Cc1nc(C(=O)NCC(N)C(C)O)cs1. The fraction of sp³-hybridized carbons (Fsp3) is 0.556. The van der Waals surface area contributed by atoms with Crippen LogP contribution in [-0.2, 0) is 0 Å². The van der Waals surface area contributed by atoms with E-state index in [9.17, 15) is 4.79 Å². The van der Waals surface area contributed by atoms with Crippen LogP contribution in [0.1, 0.15) is 22.4 Å². The quantitative estimate of drug-likeness (QED) is 0.672. The smallest absolute Gasteiger partial charge is 0.270 e. The maximum atomic E-state index is 11.5. The molecular weight excluding hydrogens is 214 g/mol. The molecule has 1 rings (SSSR count). The first-order valence-corrected chi connectivity index (χ1v) is 5.52. The van der Waals surface area contributed by atoms with Crippen molar-refractivity contribution in [1.29, 1.82) is 0 Å². The zero-order chi connectivity index (χ0) is 11.4. The van der Waals surface area contributed by atoms with E-state index in [-0.39, 0.29) is 12.5 Å². The van der Waals surface area contributed by atoms with Gasteiger partial charge >= 0.3 is 0 Å². The second-order valence-corrected chi connectivity index (χ2v) is 4.43. The van der Waals surface area contributed by atoms with Gasteiger partial charge in [-0.25, -0.2) is 4.98 Å².